The van der Waals surface area contributed by atoms with Crippen molar-refractivity contribution in [3.63, 3.8) is 0 Å². The highest BCUT2D eigenvalue weighted by Gasteiger charge is 2.00. The normalized spacial score (nSPS) is 9.13. The van der Waals surface area contributed by atoms with Gasteiger partial charge in [0.25, 0.3) is 0 Å². The molecule has 0 aliphatic carbocycles. The van der Waals surface area contributed by atoms with Crippen LogP contribution in [0, 0.1) is 0 Å². The molecule has 7 heteroatoms. The van der Waals surface area contributed by atoms with Gasteiger partial charge in [-0.3, -0.25) is 0 Å². The van der Waals surface area contributed by atoms with Crippen LogP contribution in [-0.2, 0) is 4.57 Å². The highest BCUT2D eigenvalue weighted by Crippen LogP contribution is 2.25. The van der Waals surface area contributed by atoms with Gasteiger partial charge in [0.05, 0.1) is 0 Å². The minimum Gasteiger partial charge on any atom is -0.508 e. The quantitative estimate of drug-likeness (QED) is 0.419. The Kier molecular flexibility index (Phi) is 10.6. The van der Waals surface area contributed by atoms with E-state index in [4.69, 9.17) is 29.5 Å². The zero-order chi connectivity index (χ0) is 12.3. The summed E-state index contributed by atoms with van der Waals surface area (Å²) in [6.07, 6.45) is 0. The first kappa shape index (κ1) is 16.5. The molecule has 0 aromatic heterocycles. The number of benzene rings is 1. The molecule has 0 spiro atoms. The summed E-state index contributed by atoms with van der Waals surface area (Å²) in [5.74, 6) is 0.322. The second-order valence-corrected chi connectivity index (χ2v) is 3.19. The lowest BCUT2D eigenvalue weighted by atomic mass is 10.3. The second-order valence-electron chi connectivity index (χ2n) is 2.17. The van der Waals surface area contributed by atoms with Crippen molar-refractivity contribution >= 4 is 7.82 Å². The summed E-state index contributed by atoms with van der Waals surface area (Å²) >= 11 is 0. The fourth-order valence-corrected chi connectivity index (χ4v) is 0.428. The van der Waals surface area contributed by atoms with E-state index >= 15 is 0 Å². The van der Waals surface area contributed by atoms with E-state index in [1.54, 1.807) is 31.2 Å². The Labute approximate surface area is 87.7 Å². The predicted molar refractivity (Wildman–Crippen MR) is 55.1 cm³/mol. The molecule has 88 valence electrons. The highest BCUT2D eigenvalue weighted by molar-refractivity contribution is 7.45. The minimum absolute atomic E-state index is 0.250. The van der Waals surface area contributed by atoms with Crippen molar-refractivity contribution in [2.45, 2.75) is 6.92 Å². The molecule has 1 rings (SSSR count). The van der Waals surface area contributed by atoms with Gasteiger partial charge in [-0.15, -0.1) is 0 Å². The smallest absolute Gasteiger partial charge is 0.466 e. The molecule has 0 aliphatic rings. The van der Waals surface area contributed by atoms with Crippen LogP contribution in [0.4, 0.5) is 0 Å². The van der Waals surface area contributed by atoms with Gasteiger partial charge >= 0.3 is 7.82 Å². The molecule has 1 aromatic rings. The third-order valence-electron chi connectivity index (χ3n) is 0.756. The van der Waals surface area contributed by atoms with Crippen molar-refractivity contribution < 1.29 is 29.5 Å². The van der Waals surface area contributed by atoms with Crippen LogP contribution >= 0.6 is 7.82 Å². The maximum atomic E-state index is 8.88. The first-order valence-electron chi connectivity index (χ1n) is 3.94. The number of aliphatic hydroxyl groups excluding tert-OH is 1. The SMILES string of the molecule is CCO.O=P(O)(O)O.Oc1ccccc1. The molecule has 0 heterocycles. The van der Waals surface area contributed by atoms with Crippen molar-refractivity contribution in [2.75, 3.05) is 6.61 Å². The molecular formula is C8H15O6P. The minimum atomic E-state index is -4.64. The van der Waals surface area contributed by atoms with Gasteiger partial charge in [0.2, 0.25) is 0 Å². The van der Waals surface area contributed by atoms with Gasteiger partial charge < -0.3 is 24.9 Å². The van der Waals surface area contributed by atoms with Crippen LogP contribution in [0.15, 0.2) is 30.3 Å². The van der Waals surface area contributed by atoms with E-state index in [-0.39, 0.29) is 6.61 Å². The molecule has 0 saturated carbocycles. The third-order valence-corrected chi connectivity index (χ3v) is 0.756. The van der Waals surface area contributed by atoms with E-state index in [0.717, 1.165) is 0 Å². The van der Waals surface area contributed by atoms with Gasteiger partial charge in [-0.25, -0.2) is 4.57 Å². The zero-order valence-electron chi connectivity index (χ0n) is 8.19. The average Bonchev–Trinajstić information content (AvgIpc) is 2.03. The molecule has 6 nitrogen and oxygen atoms in total. The van der Waals surface area contributed by atoms with Gasteiger partial charge in [0.1, 0.15) is 5.75 Å². The first-order valence-corrected chi connectivity index (χ1v) is 5.51. The van der Waals surface area contributed by atoms with E-state index in [9.17, 15) is 0 Å². The Bertz CT molecular complexity index is 261. The van der Waals surface area contributed by atoms with Gasteiger partial charge in [-0.2, -0.15) is 0 Å². The summed E-state index contributed by atoms with van der Waals surface area (Å²) < 4.78 is 8.88. The summed E-state index contributed by atoms with van der Waals surface area (Å²) in [5, 5.41) is 16.2. The second kappa shape index (κ2) is 9.64. The standard InChI is InChI=1S/C6H6O.C2H6O.H3O4P/c7-6-4-2-1-3-5-6;1-2-3;1-5(2,3)4/h1-5,7H;3H,2H2,1H3;(H3,1,2,3,4). The van der Waals surface area contributed by atoms with E-state index in [1.165, 1.54) is 0 Å². The highest BCUT2D eigenvalue weighted by atomic mass is 31.2. The van der Waals surface area contributed by atoms with Crippen LogP contribution in [0.3, 0.4) is 0 Å². The lowest BCUT2D eigenvalue weighted by molar-refractivity contribution is 0.275. The molecule has 0 unspecified atom stereocenters. The average molecular weight is 238 g/mol. The number of phenols is 1. The van der Waals surface area contributed by atoms with Crippen LogP contribution < -0.4 is 0 Å². The number of aromatic hydroxyl groups is 1. The Morgan fingerprint density at radius 1 is 1.13 bits per heavy atom. The fraction of sp³-hybridized carbons (Fsp3) is 0.250. The summed E-state index contributed by atoms with van der Waals surface area (Å²) in [6, 6.07) is 8.71. The van der Waals surface area contributed by atoms with Gasteiger partial charge in [0, 0.05) is 6.61 Å². The fourth-order valence-electron chi connectivity index (χ4n) is 0.428. The zero-order valence-corrected chi connectivity index (χ0v) is 9.08. The number of aliphatic hydroxyl groups is 1. The molecule has 0 bridgehead atoms. The largest absolute Gasteiger partial charge is 0.508 e. The van der Waals surface area contributed by atoms with Crippen molar-refractivity contribution in [3.8, 4) is 5.75 Å². The lowest BCUT2D eigenvalue weighted by Crippen LogP contribution is -1.66. The van der Waals surface area contributed by atoms with Gasteiger partial charge in [-0.05, 0) is 19.1 Å². The molecule has 0 aliphatic heterocycles. The number of para-hydroxylation sites is 1. The Morgan fingerprint density at radius 3 is 1.53 bits per heavy atom. The number of phosphoric acid groups is 1. The monoisotopic (exact) mass is 238 g/mol. The van der Waals surface area contributed by atoms with Crippen molar-refractivity contribution in [1.82, 2.24) is 0 Å². The van der Waals surface area contributed by atoms with Crippen LogP contribution in [0.2, 0.25) is 0 Å². The van der Waals surface area contributed by atoms with Crippen LogP contribution in [0.5, 0.6) is 5.75 Å². The first-order chi connectivity index (χ1) is 6.81. The lowest BCUT2D eigenvalue weighted by Gasteiger charge is -1.82. The maximum absolute atomic E-state index is 8.88. The summed E-state index contributed by atoms with van der Waals surface area (Å²) in [5.41, 5.74) is 0. The Balaban J connectivity index is 0. The number of phenolic OH excluding ortho intramolecular Hbond substituents is 1. The molecule has 5 N–H and O–H groups in total. The van der Waals surface area contributed by atoms with E-state index in [0.29, 0.717) is 5.75 Å². The summed E-state index contributed by atoms with van der Waals surface area (Å²) in [6.45, 7) is 1.93. The number of hydrogen-bond acceptors (Lipinski definition) is 3. The molecular weight excluding hydrogens is 223 g/mol. The van der Waals surface area contributed by atoms with Crippen molar-refractivity contribution in [1.29, 1.82) is 0 Å². The van der Waals surface area contributed by atoms with E-state index < -0.39 is 7.82 Å². The topological polar surface area (TPSA) is 118 Å². The summed E-state index contributed by atoms with van der Waals surface area (Å²) in [4.78, 5) is 21.6. The van der Waals surface area contributed by atoms with E-state index in [2.05, 4.69) is 0 Å². The molecule has 15 heavy (non-hydrogen) atoms. The third kappa shape index (κ3) is 32.0. The Morgan fingerprint density at radius 2 is 1.40 bits per heavy atom. The van der Waals surface area contributed by atoms with E-state index in [1.807, 2.05) is 6.07 Å². The van der Waals surface area contributed by atoms with Crippen LogP contribution in [0.25, 0.3) is 0 Å². The number of rotatable bonds is 0. The van der Waals surface area contributed by atoms with Crippen LogP contribution in [-0.4, -0.2) is 31.5 Å². The molecule has 0 radical (unpaired) electrons. The maximum Gasteiger partial charge on any atom is 0.466 e. The molecule has 0 atom stereocenters. The van der Waals surface area contributed by atoms with Gasteiger partial charge in [0.15, 0.2) is 0 Å². The van der Waals surface area contributed by atoms with Crippen molar-refractivity contribution in [3.05, 3.63) is 30.3 Å². The molecule has 0 amide bonds. The molecule has 0 saturated heterocycles. The number of hydrogen-bond donors (Lipinski definition) is 5. The Hall–Kier alpha value is -0.910. The van der Waals surface area contributed by atoms with Crippen molar-refractivity contribution in [2.24, 2.45) is 0 Å². The molecule has 1 aromatic carbocycles. The summed E-state index contributed by atoms with van der Waals surface area (Å²) in [7, 11) is -4.64. The molecule has 0 fully saturated rings. The van der Waals surface area contributed by atoms with Crippen LogP contribution in [0.1, 0.15) is 6.92 Å². The predicted octanol–water partition coefficient (Wildman–Crippen LogP) is 0.462. The van der Waals surface area contributed by atoms with Gasteiger partial charge in [-0.1, -0.05) is 18.2 Å².